The first-order valence-corrected chi connectivity index (χ1v) is 7.81. The second kappa shape index (κ2) is 7.75. The maximum absolute atomic E-state index is 12.4. The average molecular weight is 326 g/mol. The van der Waals surface area contributed by atoms with E-state index >= 15 is 0 Å². The first kappa shape index (κ1) is 17.7. The van der Waals surface area contributed by atoms with E-state index in [1.54, 1.807) is 36.4 Å². The molecule has 0 fully saturated rings. The molecule has 5 nitrogen and oxygen atoms in total. The van der Waals surface area contributed by atoms with Crippen LogP contribution in [0, 0.1) is 0 Å². The summed E-state index contributed by atoms with van der Waals surface area (Å²) >= 11 is 0. The lowest BCUT2D eigenvalue weighted by Crippen LogP contribution is -2.46. The molecule has 0 saturated carbocycles. The van der Waals surface area contributed by atoms with Crippen LogP contribution in [0.2, 0.25) is 0 Å². The summed E-state index contributed by atoms with van der Waals surface area (Å²) in [5.74, 6) is -0.0970. The van der Waals surface area contributed by atoms with Crippen LogP contribution in [-0.2, 0) is 0 Å². The molecule has 24 heavy (non-hydrogen) atoms. The molecule has 0 aliphatic carbocycles. The van der Waals surface area contributed by atoms with Gasteiger partial charge in [-0.15, -0.1) is 0 Å². The van der Waals surface area contributed by atoms with Crippen molar-refractivity contribution < 1.29 is 14.7 Å². The average Bonchev–Trinajstić information content (AvgIpc) is 2.54. The summed E-state index contributed by atoms with van der Waals surface area (Å²) in [4.78, 5) is 24.5. The van der Waals surface area contributed by atoms with E-state index in [1.807, 2.05) is 32.0 Å². The zero-order chi connectivity index (χ0) is 17.6. The van der Waals surface area contributed by atoms with E-state index in [9.17, 15) is 9.59 Å². The number of amides is 2. The van der Waals surface area contributed by atoms with E-state index in [2.05, 4.69) is 10.6 Å². The molecule has 0 unspecified atom stereocenters. The first-order valence-electron chi connectivity index (χ1n) is 7.81. The van der Waals surface area contributed by atoms with E-state index in [0.29, 0.717) is 23.2 Å². The molecular weight excluding hydrogens is 304 g/mol. The smallest absolute Gasteiger partial charge is 0.319 e. The van der Waals surface area contributed by atoms with E-state index in [-0.39, 0.29) is 18.4 Å². The van der Waals surface area contributed by atoms with Crippen LogP contribution in [0.5, 0.6) is 0 Å². The van der Waals surface area contributed by atoms with Gasteiger partial charge < -0.3 is 15.7 Å². The SMILES string of the molecule is CC(C)(CCO)NC(=O)Nc1cccc(C(=O)c2ccccc2)c1. The topological polar surface area (TPSA) is 78.4 Å². The lowest BCUT2D eigenvalue weighted by molar-refractivity contribution is 0.103. The van der Waals surface area contributed by atoms with Crippen molar-refractivity contribution in [3.8, 4) is 0 Å². The van der Waals surface area contributed by atoms with Crippen molar-refractivity contribution >= 4 is 17.5 Å². The molecule has 126 valence electrons. The molecule has 0 spiro atoms. The summed E-state index contributed by atoms with van der Waals surface area (Å²) in [5.41, 5.74) is 1.13. The monoisotopic (exact) mass is 326 g/mol. The molecule has 0 aliphatic rings. The highest BCUT2D eigenvalue weighted by molar-refractivity contribution is 6.09. The third kappa shape index (κ3) is 4.93. The minimum absolute atomic E-state index is 0.00561. The third-order valence-electron chi connectivity index (χ3n) is 3.61. The zero-order valence-electron chi connectivity index (χ0n) is 13.9. The number of nitrogens with one attached hydrogen (secondary N) is 2. The molecule has 0 heterocycles. The van der Waals surface area contributed by atoms with E-state index in [0.717, 1.165) is 0 Å². The molecule has 2 amide bonds. The Morgan fingerprint density at radius 2 is 1.67 bits per heavy atom. The maximum atomic E-state index is 12.4. The van der Waals surface area contributed by atoms with Crippen molar-refractivity contribution in [1.82, 2.24) is 5.32 Å². The fraction of sp³-hybridized carbons (Fsp3) is 0.263. The second-order valence-electron chi connectivity index (χ2n) is 6.21. The minimum atomic E-state index is -0.518. The van der Waals surface area contributed by atoms with Crippen LogP contribution in [0.15, 0.2) is 54.6 Å². The lowest BCUT2D eigenvalue weighted by atomic mass is 10.0. The van der Waals surface area contributed by atoms with Crippen molar-refractivity contribution in [1.29, 1.82) is 0 Å². The number of hydrogen-bond donors (Lipinski definition) is 3. The summed E-state index contributed by atoms with van der Waals surface area (Å²) in [5, 5.41) is 14.5. The van der Waals surface area contributed by atoms with E-state index in [4.69, 9.17) is 5.11 Å². The van der Waals surface area contributed by atoms with Crippen LogP contribution in [0.4, 0.5) is 10.5 Å². The zero-order valence-corrected chi connectivity index (χ0v) is 13.9. The van der Waals surface area contributed by atoms with Gasteiger partial charge in [-0.2, -0.15) is 0 Å². The Balaban J connectivity index is 2.08. The van der Waals surface area contributed by atoms with Crippen LogP contribution in [-0.4, -0.2) is 29.1 Å². The summed E-state index contributed by atoms with van der Waals surface area (Å²) in [6.07, 6.45) is 0.451. The first-order chi connectivity index (χ1) is 11.4. The Kier molecular flexibility index (Phi) is 5.71. The van der Waals surface area contributed by atoms with Crippen molar-refractivity contribution in [2.24, 2.45) is 0 Å². The molecule has 0 radical (unpaired) electrons. The van der Waals surface area contributed by atoms with Crippen molar-refractivity contribution in [2.75, 3.05) is 11.9 Å². The standard InChI is InChI=1S/C19H22N2O3/c1-19(2,11-12-22)21-18(24)20-16-10-6-9-15(13-16)17(23)14-7-4-3-5-8-14/h3-10,13,22H,11-12H2,1-2H3,(H2,20,21,24). The minimum Gasteiger partial charge on any atom is -0.396 e. The quantitative estimate of drug-likeness (QED) is 0.713. The molecule has 0 saturated heterocycles. The van der Waals surface area contributed by atoms with Gasteiger partial charge in [0.1, 0.15) is 0 Å². The Labute approximate surface area is 141 Å². The predicted octanol–water partition coefficient (Wildman–Crippen LogP) is 3.20. The lowest BCUT2D eigenvalue weighted by Gasteiger charge is -2.25. The van der Waals surface area contributed by atoms with Crippen molar-refractivity contribution in [3.63, 3.8) is 0 Å². The maximum Gasteiger partial charge on any atom is 0.319 e. The number of rotatable bonds is 6. The molecule has 0 aromatic heterocycles. The third-order valence-corrected chi connectivity index (χ3v) is 3.61. The number of carbonyl (C=O) groups excluding carboxylic acids is 2. The van der Waals surface area contributed by atoms with Gasteiger partial charge in [-0.3, -0.25) is 4.79 Å². The Bertz CT molecular complexity index is 712. The molecule has 2 rings (SSSR count). The fourth-order valence-corrected chi connectivity index (χ4v) is 2.31. The largest absolute Gasteiger partial charge is 0.396 e. The number of hydrogen-bond acceptors (Lipinski definition) is 3. The highest BCUT2D eigenvalue weighted by Gasteiger charge is 2.19. The van der Waals surface area contributed by atoms with Gasteiger partial charge >= 0.3 is 6.03 Å². The summed E-state index contributed by atoms with van der Waals surface area (Å²) in [7, 11) is 0. The second-order valence-corrected chi connectivity index (χ2v) is 6.21. The molecule has 5 heteroatoms. The Morgan fingerprint density at radius 3 is 2.33 bits per heavy atom. The van der Waals surface area contributed by atoms with Crippen LogP contribution in [0.1, 0.15) is 36.2 Å². The van der Waals surface area contributed by atoms with Gasteiger partial charge in [-0.05, 0) is 32.4 Å². The molecule has 0 aliphatic heterocycles. The molecule has 3 N–H and O–H groups in total. The van der Waals surface area contributed by atoms with Gasteiger partial charge in [0, 0.05) is 29.0 Å². The van der Waals surface area contributed by atoms with E-state index < -0.39 is 5.54 Å². The highest BCUT2D eigenvalue weighted by Crippen LogP contribution is 2.15. The molecular formula is C19H22N2O3. The Hall–Kier alpha value is -2.66. The van der Waals surface area contributed by atoms with Gasteiger partial charge in [0.15, 0.2) is 5.78 Å². The number of anilines is 1. The van der Waals surface area contributed by atoms with Crippen LogP contribution in [0.3, 0.4) is 0 Å². The number of urea groups is 1. The van der Waals surface area contributed by atoms with Gasteiger partial charge in [-0.25, -0.2) is 4.79 Å². The van der Waals surface area contributed by atoms with Gasteiger partial charge in [-0.1, -0.05) is 42.5 Å². The van der Waals surface area contributed by atoms with Crippen molar-refractivity contribution in [3.05, 3.63) is 65.7 Å². The molecule has 0 atom stereocenters. The Morgan fingerprint density at radius 1 is 1.00 bits per heavy atom. The van der Waals surface area contributed by atoms with Crippen LogP contribution in [0.25, 0.3) is 0 Å². The number of aliphatic hydroxyl groups is 1. The van der Waals surface area contributed by atoms with Crippen LogP contribution >= 0.6 is 0 Å². The molecule has 2 aromatic rings. The van der Waals surface area contributed by atoms with Gasteiger partial charge in [0.25, 0.3) is 0 Å². The fourth-order valence-electron chi connectivity index (χ4n) is 2.31. The van der Waals surface area contributed by atoms with Crippen LogP contribution < -0.4 is 10.6 Å². The predicted molar refractivity (Wildman–Crippen MR) is 94.3 cm³/mol. The number of benzene rings is 2. The number of ketones is 1. The summed E-state index contributed by atoms with van der Waals surface area (Å²) in [6, 6.07) is 15.4. The summed E-state index contributed by atoms with van der Waals surface area (Å²) in [6.45, 7) is 3.66. The summed E-state index contributed by atoms with van der Waals surface area (Å²) < 4.78 is 0. The molecule has 2 aromatic carbocycles. The van der Waals surface area contributed by atoms with Crippen molar-refractivity contribution in [2.45, 2.75) is 25.8 Å². The van der Waals surface area contributed by atoms with Gasteiger partial charge in [0.05, 0.1) is 0 Å². The highest BCUT2D eigenvalue weighted by atomic mass is 16.3. The van der Waals surface area contributed by atoms with E-state index in [1.165, 1.54) is 0 Å². The molecule has 0 bridgehead atoms. The number of carbonyl (C=O) groups is 2. The normalized spacial score (nSPS) is 11.0. The van der Waals surface area contributed by atoms with Gasteiger partial charge in [0.2, 0.25) is 0 Å². The number of aliphatic hydroxyl groups excluding tert-OH is 1.